The summed E-state index contributed by atoms with van der Waals surface area (Å²) in [5, 5.41) is 15.2. The van der Waals surface area contributed by atoms with Gasteiger partial charge in [0, 0.05) is 12.2 Å². The van der Waals surface area contributed by atoms with Crippen LogP contribution in [0.15, 0.2) is 49.6 Å². The number of hydrogen-bond donors (Lipinski definition) is 2. The first kappa shape index (κ1) is 18.0. The van der Waals surface area contributed by atoms with Gasteiger partial charge < -0.3 is 10.2 Å². The lowest BCUT2D eigenvalue weighted by atomic mass is 10.2. The number of carboxylic acid groups (broad SMARTS) is 2. The zero-order valence-electron chi connectivity index (χ0n) is 10.6. The van der Waals surface area contributed by atoms with Gasteiger partial charge in [0.15, 0.2) is 0 Å². The molecule has 0 aliphatic carbocycles. The third-order valence-corrected chi connectivity index (χ3v) is 1.52. The van der Waals surface area contributed by atoms with Gasteiger partial charge >= 0.3 is 11.9 Å². The summed E-state index contributed by atoms with van der Waals surface area (Å²) in [7, 11) is 0. The van der Waals surface area contributed by atoms with E-state index >= 15 is 0 Å². The fraction of sp³-hybridized carbons (Fsp3) is 0.143. The van der Waals surface area contributed by atoms with Gasteiger partial charge in [-0.3, -0.25) is 0 Å². The van der Waals surface area contributed by atoms with Crippen LogP contribution in [0.4, 0.5) is 0 Å². The van der Waals surface area contributed by atoms with Gasteiger partial charge in [-0.1, -0.05) is 48.6 Å². The molecule has 0 radical (unpaired) electrons. The Morgan fingerprint density at radius 3 is 1.39 bits per heavy atom. The molecule has 0 aliphatic rings. The minimum absolute atomic E-state index is 0.833. The number of aryl methyl sites for hydroxylation is 2. The molecule has 0 aromatic heterocycles. The summed E-state index contributed by atoms with van der Waals surface area (Å²) in [5.41, 5.74) is 2.68. The second-order valence-electron chi connectivity index (χ2n) is 3.24. The number of rotatable bonds is 2. The van der Waals surface area contributed by atoms with E-state index in [1.165, 1.54) is 11.1 Å². The molecule has 0 bridgehead atoms. The highest BCUT2D eigenvalue weighted by Crippen LogP contribution is 2.00. The summed E-state index contributed by atoms with van der Waals surface area (Å²) < 4.78 is 0. The molecule has 0 heterocycles. The Morgan fingerprint density at radius 2 is 1.28 bits per heavy atom. The summed E-state index contributed by atoms with van der Waals surface area (Å²) >= 11 is 0. The zero-order chi connectivity index (χ0) is 14.6. The Balaban J connectivity index is 0. The lowest BCUT2D eigenvalue weighted by molar-refractivity contribution is -0.132. The molecule has 18 heavy (non-hydrogen) atoms. The predicted molar refractivity (Wildman–Crippen MR) is 71.6 cm³/mol. The summed E-state index contributed by atoms with van der Waals surface area (Å²) in [4.78, 5) is 18.5. The largest absolute Gasteiger partial charge is 0.478 e. The fourth-order valence-corrected chi connectivity index (χ4v) is 0.807. The van der Waals surface area contributed by atoms with Crippen LogP contribution in [0, 0.1) is 13.8 Å². The number of carbonyl (C=O) groups is 2. The average molecular weight is 250 g/mol. The third-order valence-electron chi connectivity index (χ3n) is 1.52. The molecule has 0 amide bonds. The minimum atomic E-state index is -0.981. The maximum Gasteiger partial charge on any atom is 0.327 e. The van der Waals surface area contributed by atoms with E-state index in [-0.39, 0.29) is 0 Å². The summed E-state index contributed by atoms with van der Waals surface area (Å²) in [6, 6.07) is 8.45. The summed E-state index contributed by atoms with van der Waals surface area (Å²) in [5.74, 6) is -1.96. The molecule has 0 aliphatic heterocycles. The SMILES string of the molecule is C=CC(=O)O.C=CC(=O)O.Cc1cccc(C)c1. The topological polar surface area (TPSA) is 74.6 Å². The lowest BCUT2D eigenvalue weighted by Gasteiger charge is -1.90. The first-order valence-corrected chi connectivity index (χ1v) is 5.07. The van der Waals surface area contributed by atoms with Crippen LogP contribution in [0.5, 0.6) is 0 Å². The highest BCUT2D eigenvalue weighted by molar-refractivity contribution is 5.79. The molecule has 0 fully saturated rings. The smallest absolute Gasteiger partial charge is 0.327 e. The summed E-state index contributed by atoms with van der Waals surface area (Å²) in [6.07, 6.45) is 1.67. The molecule has 1 rings (SSSR count). The normalized spacial score (nSPS) is 7.67. The maximum atomic E-state index is 9.25. The van der Waals surface area contributed by atoms with E-state index in [1.54, 1.807) is 0 Å². The Bertz CT molecular complexity index is 373. The van der Waals surface area contributed by atoms with Crippen molar-refractivity contribution in [1.82, 2.24) is 0 Å². The van der Waals surface area contributed by atoms with E-state index in [0.717, 1.165) is 12.2 Å². The van der Waals surface area contributed by atoms with Crippen LogP contribution >= 0.6 is 0 Å². The Labute approximate surface area is 107 Å². The second-order valence-corrected chi connectivity index (χ2v) is 3.24. The number of hydrogen-bond acceptors (Lipinski definition) is 2. The molecular weight excluding hydrogens is 232 g/mol. The van der Waals surface area contributed by atoms with Crippen LogP contribution in [0.3, 0.4) is 0 Å². The molecule has 1 aromatic rings. The second kappa shape index (κ2) is 11.1. The van der Waals surface area contributed by atoms with Crippen molar-refractivity contribution in [3.63, 3.8) is 0 Å². The molecule has 0 unspecified atom stereocenters. The van der Waals surface area contributed by atoms with E-state index in [4.69, 9.17) is 10.2 Å². The third kappa shape index (κ3) is 16.1. The quantitative estimate of drug-likeness (QED) is 0.791. The van der Waals surface area contributed by atoms with E-state index in [1.807, 2.05) is 0 Å². The van der Waals surface area contributed by atoms with Crippen molar-refractivity contribution in [2.45, 2.75) is 13.8 Å². The highest BCUT2D eigenvalue weighted by Gasteiger charge is 1.80. The first-order chi connectivity index (χ1) is 8.33. The Morgan fingerprint density at radius 1 is 1.00 bits per heavy atom. The first-order valence-electron chi connectivity index (χ1n) is 5.07. The highest BCUT2D eigenvalue weighted by atomic mass is 16.4. The average Bonchev–Trinajstić information content (AvgIpc) is 2.30. The van der Waals surface area contributed by atoms with Gasteiger partial charge in [-0.25, -0.2) is 9.59 Å². The summed E-state index contributed by atoms with van der Waals surface area (Å²) in [6.45, 7) is 10.1. The lowest BCUT2D eigenvalue weighted by Crippen LogP contribution is -1.82. The molecule has 4 nitrogen and oxygen atoms in total. The van der Waals surface area contributed by atoms with Crippen LogP contribution in [-0.2, 0) is 9.59 Å². The Hall–Kier alpha value is -2.36. The number of aliphatic carboxylic acids is 2. The molecule has 0 saturated heterocycles. The maximum absolute atomic E-state index is 9.25. The molecule has 98 valence electrons. The van der Waals surface area contributed by atoms with Crippen molar-refractivity contribution >= 4 is 11.9 Å². The van der Waals surface area contributed by atoms with E-state index in [0.29, 0.717) is 0 Å². The minimum Gasteiger partial charge on any atom is -0.478 e. The van der Waals surface area contributed by atoms with Crippen molar-refractivity contribution in [2.24, 2.45) is 0 Å². The van der Waals surface area contributed by atoms with Gasteiger partial charge in [0.25, 0.3) is 0 Å². The van der Waals surface area contributed by atoms with E-state index in [9.17, 15) is 9.59 Å². The van der Waals surface area contributed by atoms with Crippen LogP contribution in [0.25, 0.3) is 0 Å². The zero-order valence-corrected chi connectivity index (χ0v) is 10.6. The van der Waals surface area contributed by atoms with Gasteiger partial charge in [0.2, 0.25) is 0 Å². The van der Waals surface area contributed by atoms with Gasteiger partial charge in [0.1, 0.15) is 0 Å². The van der Waals surface area contributed by atoms with Crippen LogP contribution in [0.2, 0.25) is 0 Å². The molecule has 2 N–H and O–H groups in total. The molecule has 0 spiro atoms. The number of carboxylic acids is 2. The van der Waals surface area contributed by atoms with Gasteiger partial charge in [0.05, 0.1) is 0 Å². The van der Waals surface area contributed by atoms with Crippen molar-refractivity contribution in [1.29, 1.82) is 0 Å². The van der Waals surface area contributed by atoms with Gasteiger partial charge in [-0.2, -0.15) is 0 Å². The predicted octanol–water partition coefficient (Wildman–Crippen LogP) is 2.82. The van der Waals surface area contributed by atoms with E-state index < -0.39 is 11.9 Å². The van der Waals surface area contributed by atoms with Gasteiger partial charge in [-0.15, -0.1) is 0 Å². The van der Waals surface area contributed by atoms with Crippen molar-refractivity contribution in [3.8, 4) is 0 Å². The Kier molecular flexibility index (Phi) is 11.1. The van der Waals surface area contributed by atoms with Crippen molar-refractivity contribution < 1.29 is 19.8 Å². The standard InChI is InChI=1S/C8H10.2C3H4O2/c1-7-4-3-5-8(2)6-7;2*1-2-3(4)5/h3-6H,1-2H3;2*2H,1H2,(H,4,5). The van der Waals surface area contributed by atoms with Gasteiger partial charge in [-0.05, 0) is 13.8 Å². The monoisotopic (exact) mass is 250 g/mol. The molecule has 4 heteroatoms. The molecular formula is C14H18O4. The van der Waals surface area contributed by atoms with E-state index in [2.05, 4.69) is 51.3 Å². The number of benzene rings is 1. The van der Waals surface area contributed by atoms with Crippen molar-refractivity contribution in [3.05, 3.63) is 60.7 Å². The van der Waals surface area contributed by atoms with Crippen LogP contribution in [0.1, 0.15) is 11.1 Å². The molecule has 1 aromatic carbocycles. The molecule has 0 saturated carbocycles. The van der Waals surface area contributed by atoms with Crippen LogP contribution < -0.4 is 0 Å². The van der Waals surface area contributed by atoms with Crippen molar-refractivity contribution in [2.75, 3.05) is 0 Å². The van der Waals surface area contributed by atoms with Crippen LogP contribution in [-0.4, -0.2) is 22.2 Å². The fourth-order valence-electron chi connectivity index (χ4n) is 0.807. The molecule has 0 atom stereocenters.